The second kappa shape index (κ2) is 7.31. The van der Waals surface area contributed by atoms with Gasteiger partial charge in [-0.3, -0.25) is 9.69 Å². The fraction of sp³-hybridized carbons (Fsp3) is 0.353. The van der Waals surface area contributed by atoms with Crippen molar-refractivity contribution >= 4 is 29.0 Å². The quantitative estimate of drug-likeness (QED) is 0.851. The molecule has 2 heterocycles. The summed E-state index contributed by atoms with van der Waals surface area (Å²) in [4.78, 5) is 15.9. The number of carbonyl (C=O) groups excluding carboxylic acids is 1. The minimum Gasteiger partial charge on any atom is -0.348 e. The molecule has 1 aliphatic heterocycles. The van der Waals surface area contributed by atoms with Crippen LogP contribution in [0.15, 0.2) is 46.0 Å². The summed E-state index contributed by atoms with van der Waals surface area (Å²) in [6.45, 7) is 2.97. The van der Waals surface area contributed by atoms with Gasteiger partial charge in [-0.1, -0.05) is 6.07 Å². The van der Waals surface area contributed by atoms with Crippen molar-refractivity contribution < 1.29 is 4.79 Å². The highest BCUT2D eigenvalue weighted by Crippen LogP contribution is 2.18. The smallest absolute Gasteiger partial charge is 0.251 e. The predicted molar refractivity (Wildman–Crippen MR) is 93.7 cm³/mol. The summed E-state index contributed by atoms with van der Waals surface area (Å²) in [5, 5.41) is 7.48. The van der Waals surface area contributed by atoms with Gasteiger partial charge < -0.3 is 5.32 Å². The number of thiophene rings is 1. The Morgan fingerprint density at radius 1 is 1.45 bits per heavy atom. The first-order valence-corrected chi connectivity index (χ1v) is 9.59. The van der Waals surface area contributed by atoms with E-state index in [1.165, 1.54) is 5.56 Å². The summed E-state index contributed by atoms with van der Waals surface area (Å²) in [6.07, 6.45) is 3.05. The zero-order valence-electron chi connectivity index (χ0n) is 12.6. The number of benzene rings is 1. The van der Waals surface area contributed by atoms with Crippen LogP contribution in [0.2, 0.25) is 0 Å². The highest BCUT2D eigenvalue weighted by atomic mass is 32.2. The Morgan fingerprint density at radius 3 is 3.14 bits per heavy atom. The number of rotatable bonds is 5. The fourth-order valence-corrected chi connectivity index (χ4v) is 3.89. The molecule has 1 saturated heterocycles. The first-order chi connectivity index (χ1) is 10.7. The molecule has 0 saturated carbocycles. The van der Waals surface area contributed by atoms with Gasteiger partial charge in [0.2, 0.25) is 0 Å². The lowest BCUT2D eigenvalue weighted by Crippen LogP contribution is -2.36. The van der Waals surface area contributed by atoms with Crippen molar-refractivity contribution in [2.24, 2.45) is 0 Å². The van der Waals surface area contributed by atoms with Gasteiger partial charge in [0.25, 0.3) is 5.91 Å². The summed E-state index contributed by atoms with van der Waals surface area (Å²) in [6, 6.07) is 10.2. The van der Waals surface area contributed by atoms with Crippen molar-refractivity contribution in [3.63, 3.8) is 0 Å². The molecule has 5 heteroatoms. The maximum atomic E-state index is 12.4. The maximum absolute atomic E-state index is 12.4. The molecule has 0 bridgehead atoms. The van der Waals surface area contributed by atoms with E-state index in [0.29, 0.717) is 0 Å². The van der Waals surface area contributed by atoms with Crippen molar-refractivity contribution in [3.05, 3.63) is 52.2 Å². The molecule has 1 aromatic carbocycles. The maximum Gasteiger partial charge on any atom is 0.251 e. The summed E-state index contributed by atoms with van der Waals surface area (Å²) < 4.78 is 0. The highest BCUT2D eigenvalue weighted by Gasteiger charge is 2.24. The Balaban J connectivity index is 1.54. The lowest BCUT2D eigenvalue weighted by atomic mass is 10.2. The van der Waals surface area contributed by atoms with E-state index < -0.39 is 0 Å². The molecule has 0 radical (unpaired) electrons. The third kappa shape index (κ3) is 3.91. The Hall–Kier alpha value is -1.30. The summed E-state index contributed by atoms with van der Waals surface area (Å²) in [7, 11) is 0. The number of nitrogens with zero attached hydrogens (tertiary/aromatic N) is 1. The van der Waals surface area contributed by atoms with Gasteiger partial charge in [0.05, 0.1) is 0 Å². The summed E-state index contributed by atoms with van der Waals surface area (Å²) in [5.74, 6) is 0.0401. The molecule has 22 heavy (non-hydrogen) atoms. The molecule has 2 aromatic rings. The first kappa shape index (κ1) is 15.6. The Labute approximate surface area is 139 Å². The van der Waals surface area contributed by atoms with E-state index in [9.17, 15) is 4.79 Å². The Bertz CT molecular complexity index is 627. The number of carbonyl (C=O) groups is 1. The van der Waals surface area contributed by atoms with Crippen LogP contribution in [-0.4, -0.2) is 36.2 Å². The Kier molecular flexibility index (Phi) is 5.18. The monoisotopic (exact) mass is 332 g/mol. The topological polar surface area (TPSA) is 32.3 Å². The molecule has 1 amide bonds. The zero-order valence-corrected chi connectivity index (χ0v) is 14.3. The number of likely N-dealkylation sites (tertiary alicyclic amines) is 1. The number of hydrogen-bond acceptors (Lipinski definition) is 4. The van der Waals surface area contributed by atoms with Gasteiger partial charge in [-0.05, 0) is 53.3 Å². The molecule has 1 aromatic heterocycles. The molecule has 116 valence electrons. The largest absolute Gasteiger partial charge is 0.348 e. The van der Waals surface area contributed by atoms with Gasteiger partial charge in [-0.15, -0.1) is 11.8 Å². The average molecular weight is 332 g/mol. The van der Waals surface area contributed by atoms with E-state index in [2.05, 4.69) is 27.0 Å². The van der Waals surface area contributed by atoms with Crippen molar-refractivity contribution in [2.75, 3.05) is 19.3 Å². The van der Waals surface area contributed by atoms with Crippen molar-refractivity contribution in [2.45, 2.75) is 23.9 Å². The molecular formula is C17H20N2OS2. The third-order valence-corrected chi connectivity index (χ3v) is 5.38. The van der Waals surface area contributed by atoms with Gasteiger partial charge in [0.15, 0.2) is 0 Å². The van der Waals surface area contributed by atoms with Crippen molar-refractivity contribution in [3.8, 4) is 0 Å². The minimum absolute atomic E-state index is 0.0401. The molecule has 3 rings (SSSR count). The SMILES string of the molecule is CSc1cccc(C(=O)NC2CCN(Cc3ccsc3)C2)c1. The van der Waals surface area contributed by atoms with Crippen LogP contribution in [0.1, 0.15) is 22.3 Å². The van der Waals surface area contributed by atoms with E-state index in [1.807, 2.05) is 30.5 Å². The van der Waals surface area contributed by atoms with E-state index in [-0.39, 0.29) is 11.9 Å². The number of hydrogen-bond donors (Lipinski definition) is 1. The number of nitrogens with one attached hydrogen (secondary N) is 1. The molecular weight excluding hydrogens is 312 g/mol. The summed E-state index contributed by atoms with van der Waals surface area (Å²) >= 11 is 3.40. The van der Waals surface area contributed by atoms with Gasteiger partial charge >= 0.3 is 0 Å². The van der Waals surface area contributed by atoms with Crippen LogP contribution in [0.5, 0.6) is 0 Å². The molecule has 3 nitrogen and oxygen atoms in total. The van der Waals surface area contributed by atoms with E-state index in [0.717, 1.165) is 36.5 Å². The molecule has 1 aliphatic rings. The predicted octanol–water partition coefficient (Wildman–Crippen LogP) is 3.47. The van der Waals surface area contributed by atoms with E-state index in [4.69, 9.17) is 0 Å². The average Bonchev–Trinajstić information content (AvgIpc) is 3.20. The van der Waals surface area contributed by atoms with Crippen LogP contribution in [0, 0.1) is 0 Å². The fourth-order valence-electron chi connectivity index (χ4n) is 2.77. The molecule has 1 atom stereocenters. The molecule has 0 spiro atoms. The zero-order chi connectivity index (χ0) is 15.4. The number of amides is 1. The van der Waals surface area contributed by atoms with Gasteiger partial charge in [-0.25, -0.2) is 0 Å². The van der Waals surface area contributed by atoms with Crippen molar-refractivity contribution in [1.82, 2.24) is 10.2 Å². The van der Waals surface area contributed by atoms with Gasteiger partial charge in [-0.2, -0.15) is 11.3 Å². The standard InChI is InChI=1S/C17H20N2OS2/c1-21-16-4-2-3-14(9-16)17(20)18-15-5-7-19(11-15)10-13-6-8-22-12-13/h2-4,6,8-9,12,15H,5,7,10-11H2,1H3,(H,18,20). The van der Waals surface area contributed by atoms with Crippen LogP contribution >= 0.6 is 23.1 Å². The van der Waals surface area contributed by atoms with Crippen LogP contribution < -0.4 is 5.32 Å². The normalized spacial score (nSPS) is 18.5. The van der Waals surface area contributed by atoms with E-state index >= 15 is 0 Å². The molecule has 0 aliphatic carbocycles. The molecule has 1 N–H and O–H groups in total. The lowest BCUT2D eigenvalue weighted by molar-refractivity contribution is 0.0937. The first-order valence-electron chi connectivity index (χ1n) is 7.43. The van der Waals surface area contributed by atoms with Crippen LogP contribution in [0.4, 0.5) is 0 Å². The second-order valence-electron chi connectivity index (χ2n) is 5.56. The molecule has 1 unspecified atom stereocenters. The number of thioether (sulfide) groups is 1. The summed E-state index contributed by atoms with van der Waals surface area (Å²) in [5.41, 5.74) is 2.12. The lowest BCUT2D eigenvalue weighted by Gasteiger charge is -2.16. The van der Waals surface area contributed by atoms with Crippen LogP contribution in [0.3, 0.4) is 0 Å². The van der Waals surface area contributed by atoms with Gasteiger partial charge in [0, 0.05) is 36.1 Å². The van der Waals surface area contributed by atoms with Gasteiger partial charge in [0.1, 0.15) is 0 Å². The molecule has 1 fully saturated rings. The highest BCUT2D eigenvalue weighted by molar-refractivity contribution is 7.98. The van der Waals surface area contributed by atoms with E-state index in [1.54, 1.807) is 23.1 Å². The second-order valence-corrected chi connectivity index (χ2v) is 7.22. The Morgan fingerprint density at radius 2 is 2.36 bits per heavy atom. The van der Waals surface area contributed by atoms with Crippen molar-refractivity contribution in [1.29, 1.82) is 0 Å². The minimum atomic E-state index is 0.0401. The third-order valence-electron chi connectivity index (χ3n) is 3.93. The van der Waals surface area contributed by atoms with Crippen LogP contribution in [-0.2, 0) is 6.54 Å². The van der Waals surface area contributed by atoms with Crippen LogP contribution in [0.25, 0.3) is 0 Å².